The van der Waals surface area contributed by atoms with Crippen LogP contribution in [0, 0.1) is 0 Å². The minimum absolute atomic E-state index is 0.0182. The number of aryl methyl sites for hydroxylation is 1. The number of carbonyl (C=O) groups excluding carboxylic acids is 1. The van der Waals surface area contributed by atoms with Gasteiger partial charge in [0.1, 0.15) is 5.75 Å². The molecule has 0 unspecified atom stereocenters. The molecule has 0 saturated carbocycles. The van der Waals surface area contributed by atoms with Gasteiger partial charge in [-0.2, -0.15) is 0 Å². The zero-order chi connectivity index (χ0) is 17.5. The van der Waals surface area contributed by atoms with Crippen LogP contribution in [-0.4, -0.2) is 24.0 Å². The Balaban J connectivity index is 1.51. The van der Waals surface area contributed by atoms with E-state index in [1.54, 1.807) is 0 Å². The Bertz CT molecular complexity index is 697. The molecule has 5 heteroatoms. The van der Waals surface area contributed by atoms with Crippen molar-refractivity contribution >= 4 is 35.1 Å². The molecule has 2 aromatic rings. The van der Waals surface area contributed by atoms with Gasteiger partial charge in [0.25, 0.3) is 5.91 Å². The Kier molecular flexibility index (Phi) is 6.70. The van der Waals surface area contributed by atoms with Crippen LogP contribution in [0.5, 0.6) is 5.75 Å². The maximum atomic E-state index is 12.1. The van der Waals surface area contributed by atoms with Crippen molar-refractivity contribution < 1.29 is 9.53 Å². The Morgan fingerprint density at radius 1 is 1.12 bits per heavy atom. The van der Waals surface area contributed by atoms with Crippen LogP contribution in [0.4, 0.5) is 5.69 Å². The molecule has 1 amide bonds. The third-order valence-corrected chi connectivity index (χ3v) is 7.04. The van der Waals surface area contributed by atoms with Crippen LogP contribution in [0.25, 0.3) is 0 Å². The van der Waals surface area contributed by atoms with Crippen LogP contribution in [0.1, 0.15) is 29.1 Å². The molecule has 0 aromatic heterocycles. The number of nitrogens with one attached hydrogen (secondary N) is 1. The second-order valence-corrected chi connectivity index (χ2v) is 8.57. The lowest BCUT2D eigenvalue weighted by molar-refractivity contribution is -0.118. The van der Waals surface area contributed by atoms with Crippen LogP contribution >= 0.6 is 23.5 Å². The molecule has 3 nitrogen and oxygen atoms in total. The van der Waals surface area contributed by atoms with Gasteiger partial charge in [-0.3, -0.25) is 4.79 Å². The lowest BCUT2D eigenvalue weighted by Crippen LogP contribution is -2.20. The molecular weight excluding hydrogens is 350 g/mol. The molecule has 0 atom stereocenters. The summed E-state index contributed by atoms with van der Waals surface area (Å²) < 4.78 is 6.15. The topological polar surface area (TPSA) is 38.3 Å². The predicted molar refractivity (Wildman–Crippen MR) is 109 cm³/mol. The summed E-state index contributed by atoms with van der Waals surface area (Å²) in [6.07, 6.45) is 2.18. The summed E-state index contributed by atoms with van der Waals surface area (Å²) in [5.74, 6) is 3.06. The first kappa shape index (κ1) is 18.2. The number of benzene rings is 2. The highest BCUT2D eigenvalue weighted by atomic mass is 32.2. The largest absolute Gasteiger partial charge is 0.484 e. The third-order valence-electron chi connectivity index (χ3n) is 4.02. The summed E-state index contributed by atoms with van der Waals surface area (Å²) in [6, 6.07) is 16.0. The first-order valence-electron chi connectivity index (χ1n) is 8.60. The molecular formula is C20H23NO2S2. The minimum Gasteiger partial charge on any atom is -0.484 e. The Hall–Kier alpha value is -1.59. The van der Waals surface area contributed by atoms with Crippen LogP contribution in [0.2, 0.25) is 0 Å². The molecule has 1 heterocycles. The van der Waals surface area contributed by atoms with Crippen molar-refractivity contribution in [1.29, 1.82) is 0 Å². The van der Waals surface area contributed by atoms with E-state index < -0.39 is 0 Å². The number of amides is 1. The second kappa shape index (κ2) is 9.20. The average molecular weight is 374 g/mol. The highest BCUT2D eigenvalue weighted by molar-refractivity contribution is 8.16. The average Bonchev–Trinajstić information content (AvgIpc) is 2.68. The maximum Gasteiger partial charge on any atom is 0.262 e. The van der Waals surface area contributed by atoms with Crippen molar-refractivity contribution in [2.24, 2.45) is 0 Å². The summed E-state index contributed by atoms with van der Waals surface area (Å²) in [4.78, 5) is 12.1. The van der Waals surface area contributed by atoms with Gasteiger partial charge < -0.3 is 10.1 Å². The van der Waals surface area contributed by atoms with E-state index in [2.05, 4.69) is 24.4 Å². The van der Waals surface area contributed by atoms with E-state index in [0.29, 0.717) is 4.58 Å². The molecule has 1 N–H and O–H groups in total. The Labute approximate surface area is 157 Å². The molecule has 3 rings (SSSR count). The second-order valence-electron chi connectivity index (χ2n) is 5.84. The summed E-state index contributed by atoms with van der Waals surface area (Å²) in [6.45, 7) is 2.09. The molecule has 0 aliphatic carbocycles. The number of anilines is 1. The van der Waals surface area contributed by atoms with Gasteiger partial charge in [0, 0.05) is 5.69 Å². The smallest absolute Gasteiger partial charge is 0.262 e. The number of rotatable bonds is 6. The van der Waals surface area contributed by atoms with Gasteiger partial charge in [0.15, 0.2) is 6.61 Å². The van der Waals surface area contributed by atoms with Gasteiger partial charge >= 0.3 is 0 Å². The zero-order valence-electron chi connectivity index (χ0n) is 14.4. The maximum absolute atomic E-state index is 12.1. The van der Waals surface area contributed by atoms with Gasteiger partial charge in [0.2, 0.25) is 0 Å². The van der Waals surface area contributed by atoms with Gasteiger partial charge in [-0.05, 0) is 53.7 Å². The first-order chi connectivity index (χ1) is 12.3. The van der Waals surface area contributed by atoms with E-state index in [0.717, 1.165) is 23.4 Å². The molecule has 1 aliphatic rings. The fourth-order valence-electron chi connectivity index (χ4n) is 2.69. The number of hydrogen-bond donors (Lipinski definition) is 1. The molecule has 0 spiro atoms. The predicted octanol–water partition coefficient (Wildman–Crippen LogP) is 5.14. The Morgan fingerprint density at radius 2 is 1.84 bits per heavy atom. The van der Waals surface area contributed by atoms with E-state index in [1.807, 2.05) is 59.9 Å². The fourth-order valence-corrected chi connectivity index (χ4v) is 5.58. The first-order valence-corrected chi connectivity index (χ1v) is 10.7. The minimum atomic E-state index is -0.136. The standard InChI is InChI=1S/C20H23NO2S2/c1-2-15-6-3-4-7-18(15)21-19(22)14-23-17-10-8-16(9-11-17)20-24-12-5-13-25-20/h3-4,6-11,20H,2,5,12-14H2,1H3,(H,21,22). The molecule has 132 valence electrons. The van der Waals surface area contributed by atoms with E-state index in [-0.39, 0.29) is 12.5 Å². The highest BCUT2D eigenvalue weighted by Gasteiger charge is 2.16. The number of hydrogen-bond acceptors (Lipinski definition) is 4. The molecule has 0 bridgehead atoms. The van der Waals surface area contributed by atoms with Crippen molar-refractivity contribution in [3.05, 3.63) is 59.7 Å². The number of ether oxygens (including phenoxy) is 1. The van der Waals surface area contributed by atoms with Gasteiger partial charge in [-0.15, -0.1) is 23.5 Å². The van der Waals surface area contributed by atoms with Crippen LogP contribution in [0.15, 0.2) is 48.5 Å². The summed E-state index contributed by atoms with van der Waals surface area (Å²) >= 11 is 4.01. The van der Waals surface area contributed by atoms with Crippen LogP contribution in [-0.2, 0) is 11.2 Å². The van der Waals surface area contributed by atoms with Gasteiger partial charge in [-0.1, -0.05) is 37.3 Å². The van der Waals surface area contributed by atoms with E-state index in [4.69, 9.17) is 4.74 Å². The number of para-hydroxylation sites is 1. The molecule has 1 fully saturated rings. The SMILES string of the molecule is CCc1ccccc1NC(=O)COc1ccc(C2SCCCS2)cc1. The van der Waals surface area contributed by atoms with E-state index >= 15 is 0 Å². The third kappa shape index (κ3) is 5.19. The van der Waals surface area contributed by atoms with Crippen molar-refractivity contribution in [1.82, 2.24) is 0 Å². The van der Waals surface area contributed by atoms with Crippen LogP contribution in [0.3, 0.4) is 0 Å². The number of thioether (sulfide) groups is 2. The molecule has 0 radical (unpaired) electrons. The molecule has 1 saturated heterocycles. The summed E-state index contributed by atoms with van der Waals surface area (Å²) in [7, 11) is 0. The van der Waals surface area contributed by atoms with Crippen molar-refractivity contribution in [3.63, 3.8) is 0 Å². The van der Waals surface area contributed by atoms with Crippen molar-refractivity contribution in [2.75, 3.05) is 23.4 Å². The molecule has 1 aliphatic heterocycles. The van der Waals surface area contributed by atoms with Gasteiger partial charge in [-0.25, -0.2) is 0 Å². The lowest BCUT2D eigenvalue weighted by Gasteiger charge is -2.21. The van der Waals surface area contributed by atoms with Crippen LogP contribution < -0.4 is 10.1 Å². The Morgan fingerprint density at radius 3 is 2.56 bits per heavy atom. The van der Waals surface area contributed by atoms with Crippen molar-refractivity contribution in [2.45, 2.75) is 24.3 Å². The monoisotopic (exact) mass is 373 g/mol. The van der Waals surface area contributed by atoms with E-state index in [9.17, 15) is 4.79 Å². The fraction of sp³-hybridized carbons (Fsp3) is 0.350. The molecule has 2 aromatic carbocycles. The summed E-state index contributed by atoms with van der Waals surface area (Å²) in [5, 5.41) is 2.92. The normalized spacial score (nSPS) is 14.9. The van der Waals surface area contributed by atoms with E-state index in [1.165, 1.54) is 23.5 Å². The quantitative estimate of drug-likeness (QED) is 0.761. The molecule has 25 heavy (non-hydrogen) atoms. The lowest BCUT2D eigenvalue weighted by atomic mass is 10.1. The highest BCUT2D eigenvalue weighted by Crippen LogP contribution is 2.43. The van der Waals surface area contributed by atoms with Crippen molar-refractivity contribution in [3.8, 4) is 5.75 Å². The summed E-state index contributed by atoms with van der Waals surface area (Å²) in [5.41, 5.74) is 3.31. The van der Waals surface area contributed by atoms with Gasteiger partial charge in [0.05, 0.1) is 4.58 Å². The number of carbonyl (C=O) groups is 1. The zero-order valence-corrected chi connectivity index (χ0v) is 16.0.